The average molecular weight is 360 g/mol. The van der Waals surface area contributed by atoms with Crippen molar-refractivity contribution >= 4 is 28.3 Å². The third-order valence-electron chi connectivity index (χ3n) is 3.15. The Labute approximate surface area is 124 Å². The molecule has 1 aliphatic rings. The van der Waals surface area contributed by atoms with E-state index in [1.54, 1.807) is 4.90 Å². The van der Waals surface area contributed by atoms with E-state index in [2.05, 4.69) is 21.2 Å². The predicted molar refractivity (Wildman–Crippen MR) is 74.5 cm³/mol. The minimum absolute atomic E-state index is 0. The van der Waals surface area contributed by atoms with Crippen LogP contribution >= 0.6 is 28.3 Å². The SMILES string of the molecule is Cl.FC[C@@H](c1c(F)ccc(Br)c1F)N1CCNCC1. The molecule has 1 aliphatic heterocycles. The monoisotopic (exact) mass is 358 g/mol. The molecule has 19 heavy (non-hydrogen) atoms. The molecule has 7 heteroatoms. The number of piperazine rings is 1. The highest BCUT2D eigenvalue weighted by molar-refractivity contribution is 9.10. The summed E-state index contributed by atoms with van der Waals surface area (Å²) in [5, 5.41) is 3.12. The van der Waals surface area contributed by atoms with Gasteiger partial charge in [-0.2, -0.15) is 0 Å². The minimum atomic E-state index is -0.857. The maximum absolute atomic E-state index is 14.0. The zero-order valence-electron chi connectivity index (χ0n) is 10.1. The first-order valence-electron chi connectivity index (χ1n) is 5.79. The van der Waals surface area contributed by atoms with Gasteiger partial charge in [0.2, 0.25) is 0 Å². The van der Waals surface area contributed by atoms with Gasteiger partial charge >= 0.3 is 0 Å². The Balaban J connectivity index is 0.00000180. The van der Waals surface area contributed by atoms with Crippen molar-refractivity contribution in [3.8, 4) is 0 Å². The van der Waals surface area contributed by atoms with Gasteiger partial charge in [0.15, 0.2) is 0 Å². The fraction of sp³-hybridized carbons (Fsp3) is 0.500. The lowest BCUT2D eigenvalue weighted by Gasteiger charge is -2.34. The molecule has 2 nitrogen and oxygen atoms in total. The van der Waals surface area contributed by atoms with Crippen LogP contribution in [0.1, 0.15) is 11.6 Å². The molecule has 1 N–H and O–H groups in total. The Morgan fingerprint density at radius 2 is 1.89 bits per heavy atom. The first-order valence-corrected chi connectivity index (χ1v) is 6.58. The lowest BCUT2D eigenvalue weighted by Crippen LogP contribution is -2.46. The third kappa shape index (κ3) is 3.62. The first-order chi connectivity index (χ1) is 8.65. The van der Waals surface area contributed by atoms with Crippen molar-refractivity contribution in [1.82, 2.24) is 10.2 Å². The molecule has 0 aromatic heterocycles. The van der Waals surface area contributed by atoms with Crippen LogP contribution in [0.5, 0.6) is 0 Å². The van der Waals surface area contributed by atoms with E-state index < -0.39 is 24.4 Å². The van der Waals surface area contributed by atoms with Gasteiger partial charge in [-0.25, -0.2) is 13.2 Å². The van der Waals surface area contributed by atoms with Gasteiger partial charge in [0, 0.05) is 31.7 Å². The zero-order chi connectivity index (χ0) is 13.1. The summed E-state index contributed by atoms with van der Waals surface area (Å²) in [6, 6.07) is 1.60. The highest BCUT2D eigenvalue weighted by Gasteiger charge is 2.28. The molecule has 108 valence electrons. The van der Waals surface area contributed by atoms with Gasteiger partial charge in [-0.1, -0.05) is 0 Å². The fourth-order valence-corrected chi connectivity index (χ4v) is 2.55. The molecule has 0 bridgehead atoms. The summed E-state index contributed by atoms with van der Waals surface area (Å²) in [5.74, 6) is -1.41. The number of halogens is 5. The molecule has 1 heterocycles. The number of alkyl halides is 1. The molecule has 1 aromatic rings. The molecule has 1 atom stereocenters. The summed E-state index contributed by atoms with van der Waals surface area (Å²) < 4.78 is 41.1. The van der Waals surface area contributed by atoms with Crippen LogP contribution in [0, 0.1) is 11.6 Å². The van der Waals surface area contributed by atoms with E-state index in [0.717, 1.165) is 6.07 Å². The largest absolute Gasteiger partial charge is 0.314 e. The van der Waals surface area contributed by atoms with Crippen molar-refractivity contribution in [3.63, 3.8) is 0 Å². The van der Waals surface area contributed by atoms with Crippen LogP contribution in [-0.4, -0.2) is 37.8 Å². The molecule has 0 radical (unpaired) electrons. The number of hydrogen-bond donors (Lipinski definition) is 1. The maximum Gasteiger partial charge on any atom is 0.145 e. The van der Waals surface area contributed by atoms with Gasteiger partial charge < -0.3 is 5.32 Å². The predicted octanol–water partition coefficient (Wildman–Crippen LogP) is 3.06. The van der Waals surface area contributed by atoms with Crippen molar-refractivity contribution in [2.75, 3.05) is 32.9 Å². The van der Waals surface area contributed by atoms with E-state index in [9.17, 15) is 13.2 Å². The van der Waals surface area contributed by atoms with Crippen molar-refractivity contribution in [2.45, 2.75) is 6.04 Å². The smallest absolute Gasteiger partial charge is 0.145 e. The lowest BCUT2D eigenvalue weighted by molar-refractivity contribution is 0.141. The Morgan fingerprint density at radius 1 is 1.26 bits per heavy atom. The zero-order valence-corrected chi connectivity index (χ0v) is 12.5. The normalized spacial score (nSPS) is 17.9. The van der Waals surface area contributed by atoms with Gasteiger partial charge in [-0.15, -0.1) is 12.4 Å². The molecule has 1 fully saturated rings. The third-order valence-corrected chi connectivity index (χ3v) is 3.76. The van der Waals surface area contributed by atoms with Gasteiger partial charge in [0.05, 0.1) is 10.5 Å². The average Bonchev–Trinajstić information content (AvgIpc) is 2.40. The van der Waals surface area contributed by atoms with E-state index in [-0.39, 0.29) is 22.4 Å². The van der Waals surface area contributed by atoms with Crippen LogP contribution in [-0.2, 0) is 0 Å². The molecular weight excluding hydrogens is 344 g/mol. The van der Waals surface area contributed by atoms with E-state index in [0.29, 0.717) is 26.2 Å². The molecule has 0 spiro atoms. The highest BCUT2D eigenvalue weighted by Crippen LogP contribution is 2.30. The summed E-state index contributed by atoms with van der Waals surface area (Å²) in [6.07, 6.45) is 0. The van der Waals surface area contributed by atoms with E-state index in [1.165, 1.54) is 6.07 Å². The number of benzene rings is 1. The van der Waals surface area contributed by atoms with Crippen LogP contribution in [0.2, 0.25) is 0 Å². The number of nitrogens with one attached hydrogen (secondary N) is 1. The first kappa shape index (κ1) is 16.8. The summed E-state index contributed by atoms with van der Waals surface area (Å²) in [4.78, 5) is 1.77. The fourth-order valence-electron chi connectivity index (χ4n) is 2.20. The summed E-state index contributed by atoms with van der Waals surface area (Å²) >= 11 is 3.01. The Hall–Kier alpha value is -0.300. The summed E-state index contributed by atoms with van der Waals surface area (Å²) in [6.45, 7) is 1.77. The molecule has 0 amide bonds. The topological polar surface area (TPSA) is 15.3 Å². The molecule has 0 aliphatic carbocycles. The van der Waals surface area contributed by atoms with Crippen LogP contribution in [0.25, 0.3) is 0 Å². The van der Waals surface area contributed by atoms with E-state index >= 15 is 0 Å². The van der Waals surface area contributed by atoms with Gasteiger partial charge in [0.25, 0.3) is 0 Å². The van der Waals surface area contributed by atoms with Crippen LogP contribution in [0.15, 0.2) is 16.6 Å². The second-order valence-corrected chi connectivity index (χ2v) is 5.07. The van der Waals surface area contributed by atoms with Gasteiger partial charge in [-0.3, -0.25) is 4.90 Å². The molecule has 1 saturated heterocycles. The maximum atomic E-state index is 14.0. The van der Waals surface area contributed by atoms with Crippen molar-refractivity contribution in [3.05, 3.63) is 33.8 Å². The van der Waals surface area contributed by atoms with Gasteiger partial charge in [-0.05, 0) is 28.1 Å². The Morgan fingerprint density at radius 3 is 2.47 bits per heavy atom. The van der Waals surface area contributed by atoms with Crippen molar-refractivity contribution in [2.24, 2.45) is 0 Å². The van der Waals surface area contributed by atoms with Crippen LogP contribution in [0.3, 0.4) is 0 Å². The van der Waals surface area contributed by atoms with Crippen LogP contribution in [0.4, 0.5) is 13.2 Å². The number of nitrogens with zero attached hydrogens (tertiary/aromatic N) is 1. The molecule has 2 rings (SSSR count). The number of rotatable bonds is 3. The van der Waals surface area contributed by atoms with Crippen molar-refractivity contribution in [1.29, 1.82) is 0 Å². The Bertz CT molecular complexity index is 428. The van der Waals surface area contributed by atoms with E-state index in [4.69, 9.17) is 0 Å². The quantitative estimate of drug-likeness (QED) is 0.835. The molecule has 0 saturated carbocycles. The molecule has 1 aromatic carbocycles. The number of hydrogen-bond acceptors (Lipinski definition) is 2. The standard InChI is InChI=1S/C12H14BrF3N2.ClH/c13-8-1-2-9(15)11(12(8)16)10(7-14)18-5-3-17-4-6-18;/h1-2,10,17H,3-7H2;1H/t10-;/m0./s1. The summed E-state index contributed by atoms with van der Waals surface area (Å²) in [7, 11) is 0. The lowest BCUT2D eigenvalue weighted by atomic mass is 10.0. The second-order valence-electron chi connectivity index (χ2n) is 4.21. The minimum Gasteiger partial charge on any atom is -0.314 e. The summed E-state index contributed by atoms with van der Waals surface area (Å²) in [5.41, 5.74) is -0.186. The van der Waals surface area contributed by atoms with Gasteiger partial charge in [0.1, 0.15) is 18.3 Å². The van der Waals surface area contributed by atoms with E-state index in [1.807, 2.05) is 0 Å². The Kier molecular flexibility index (Phi) is 6.59. The molecule has 0 unspecified atom stereocenters. The van der Waals surface area contributed by atoms with Crippen LogP contribution < -0.4 is 5.32 Å². The molecular formula is C12H15BrClF3N2. The van der Waals surface area contributed by atoms with Crippen molar-refractivity contribution < 1.29 is 13.2 Å². The second kappa shape index (κ2) is 7.47. The highest BCUT2D eigenvalue weighted by atomic mass is 79.9.